The van der Waals surface area contributed by atoms with Gasteiger partial charge in [-0.15, -0.1) is 0 Å². The minimum Gasteiger partial charge on any atom is -0.481 e. The summed E-state index contributed by atoms with van der Waals surface area (Å²) in [5.41, 5.74) is 0.498. The van der Waals surface area contributed by atoms with Crippen LogP contribution in [0.5, 0.6) is 0 Å². The van der Waals surface area contributed by atoms with Gasteiger partial charge in [0.2, 0.25) is 0 Å². The number of carboxylic acids is 1. The molecular formula is C17H26O3. The molecule has 3 heteroatoms. The summed E-state index contributed by atoms with van der Waals surface area (Å²) in [6.45, 7) is 9.54. The van der Waals surface area contributed by atoms with Crippen LogP contribution in [0.1, 0.15) is 45.7 Å². The molecule has 20 heavy (non-hydrogen) atoms. The molecule has 0 aliphatic rings. The van der Waals surface area contributed by atoms with Gasteiger partial charge in [0.05, 0.1) is 5.92 Å². The topological polar surface area (TPSA) is 57.5 Å². The van der Waals surface area contributed by atoms with Gasteiger partial charge in [-0.25, -0.2) is 0 Å². The zero-order valence-corrected chi connectivity index (χ0v) is 13.1. The molecule has 3 nitrogen and oxygen atoms in total. The van der Waals surface area contributed by atoms with Crippen molar-refractivity contribution in [3.63, 3.8) is 0 Å². The van der Waals surface area contributed by atoms with Gasteiger partial charge < -0.3 is 10.2 Å². The quantitative estimate of drug-likeness (QED) is 0.838. The van der Waals surface area contributed by atoms with E-state index in [0.717, 1.165) is 6.42 Å². The van der Waals surface area contributed by atoms with Gasteiger partial charge in [-0.3, -0.25) is 4.79 Å². The van der Waals surface area contributed by atoms with Crippen molar-refractivity contribution in [2.75, 3.05) is 0 Å². The number of aliphatic hydroxyl groups is 1. The van der Waals surface area contributed by atoms with Crippen molar-refractivity contribution in [3.8, 4) is 0 Å². The van der Waals surface area contributed by atoms with Crippen molar-refractivity contribution in [3.05, 3.63) is 35.4 Å². The molecule has 1 aromatic rings. The first-order valence-corrected chi connectivity index (χ1v) is 7.20. The summed E-state index contributed by atoms with van der Waals surface area (Å²) in [5.74, 6) is -1.35. The van der Waals surface area contributed by atoms with Crippen LogP contribution in [0.4, 0.5) is 0 Å². The minimum absolute atomic E-state index is 0.141. The predicted octanol–water partition coefficient (Wildman–Crippen LogP) is 3.45. The van der Waals surface area contributed by atoms with Gasteiger partial charge in [0.15, 0.2) is 0 Å². The summed E-state index contributed by atoms with van der Waals surface area (Å²) in [6.07, 6.45) is 0.981. The first-order chi connectivity index (χ1) is 9.16. The van der Waals surface area contributed by atoms with Crippen LogP contribution in [0.15, 0.2) is 24.3 Å². The average molecular weight is 278 g/mol. The molecule has 2 unspecified atom stereocenters. The number of carboxylic acid groups (broad SMARTS) is 1. The van der Waals surface area contributed by atoms with Crippen molar-refractivity contribution in [2.24, 2.45) is 17.8 Å². The van der Waals surface area contributed by atoms with Crippen molar-refractivity contribution >= 4 is 5.97 Å². The lowest BCUT2D eigenvalue weighted by atomic mass is 9.76. The Balaban J connectivity index is 3.05. The molecule has 0 saturated heterocycles. The minimum atomic E-state index is -1.36. The zero-order chi connectivity index (χ0) is 15.5. The lowest BCUT2D eigenvalue weighted by Gasteiger charge is -2.33. The Hall–Kier alpha value is -1.35. The predicted molar refractivity (Wildman–Crippen MR) is 80.5 cm³/mol. The molecule has 2 N–H and O–H groups in total. The van der Waals surface area contributed by atoms with Gasteiger partial charge in [0.1, 0.15) is 5.60 Å². The van der Waals surface area contributed by atoms with Crippen LogP contribution in [0.25, 0.3) is 0 Å². The maximum atomic E-state index is 11.4. The van der Waals surface area contributed by atoms with Gasteiger partial charge in [0, 0.05) is 0 Å². The molecule has 2 atom stereocenters. The Morgan fingerprint density at radius 3 is 2.00 bits per heavy atom. The molecule has 0 spiro atoms. The molecule has 0 saturated carbocycles. The molecular weight excluding hydrogens is 252 g/mol. The molecule has 0 amide bonds. The third-order valence-electron chi connectivity index (χ3n) is 3.72. The Kier molecular flexibility index (Phi) is 5.35. The largest absolute Gasteiger partial charge is 0.481 e. The van der Waals surface area contributed by atoms with Gasteiger partial charge >= 0.3 is 5.97 Å². The molecule has 112 valence electrons. The number of benzene rings is 1. The second kappa shape index (κ2) is 6.40. The highest BCUT2D eigenvalue weighted by Gasteiger charge is 2.40. The number of hydrogen-bond acceptors (Lipinski definition) is 2. The van der Waals surface area contributed by atoms with E-state index in [0.29, 0.717) is 11.5 Å². The summed E-state index contributed by atoms with van der Waals surface area (Å²) in [4.78, 5) is 11.4. The van der Waals surface area contributed by atoms with E-state index in [4.69, 9.17) is 0 Å². The molecule has 0 fully saturated rings. The van der Waals surface area contributed by atoms with Crippen molar-refractivity contribution < 1.29 is 15.0 Å². The SMILES string of the molecule is CC(C)Cc1ccc(C(C)(O)C(C(=O)O)C(C)C)cc1. The molecule has 1 rings (SSSR count). The van der Waals surface area contributed by atoms with E-state index in [1.54, 1.807) is 6.92 Å². The van der Waals surface area contributed by atoms with E-state index in [2.05, 4.69) is 13.8 Å². The summed E-state index contributed by atoms with van der Waals surface area (Å²) >= 11 is 0. The first-order valence-electron chi connectivity index (χ1n) is 7.20. The average Bonchev–Trinajstić information content (AvgIpc) is 2.26. The summed E-state index contributed by atoms with van der Waals surface area (Å²) in [5, 5.41) is 20.0. The fourth-order valence-corrected chi connectivity index (χ4v) is 2.80. The van der Waals surface area contributed by atoms with Crippen LogP contribution in [0.2, 0.25) is 0 Å². The van der Waals surface area contributed by atoms with Crippen LogP contribution in [0.3, 0.4) is 0 Å². The van der Waals surface area contributed by atoms with Gasteiger partial charge in [0.25, 0.3) is 0 Å². The highest BCUT2D eigenvalue weighted by molar-refractivity contribution is 5.72. The van der Waals surface area contributed by atoms with Gasteiger partial charge in [-0.1, -0.05) is 52.0 Å². The molecule has 1 aromatic carbocycles. The fourth-order valence-electron chi connectivity index (χ4n) is 2.80. The number of carbonyl (C=O) groups is 1. The summed E-state index contributed by atoms with van der Waals surface area (Å²) in [7, 11) is 0. The van der Waals surface area contributed by atoms with Crippen LogP contribution in [0, 0.1) is 17.8 Å². The van der Waals surface area contributed by atoms with E-state index in [9.17, 15) is 15.0 Å². The van der Waals surface area contributed by atoms with Crippen LogP contribution in [-0.2, 0) is 16.8 Å². The summed E-state index contributed by atoms with van der Waals surface area (Å²) in [6, 6.07) is 7.64. The Morgan fingerprint density at radius 1 is 1.15 bits per heavy atom. The lowest BCUT2D eigenvalue weighted by Crippen LogP contribution is -2.40. The number of rotatable bonds is 6. The molecule has 0 aliphatic heterocycles. The molecule has 0 heterocycles. The first kappa shape index (κ1) is 16.7. The second-order valence-electron chi connectivity index (χ2n) is 6.50. The second-order valence-corrected chi connectivity index (χ2v) is 6.50. The van der Waals surface area contributed by atoms with Crippen molar-refractivity contribution in [1.82, 2.24) is 0 Å². The van der Waals surface area contributed by atoms with Gasteiger partial charge in [-0.05, 0) is 36.3 Å². The highest BCUT2D eigenvalue weighted by Crippen LogP contribution is 2.34. The van der Waals surface area contributed by atoms with E-state index in [1.807, 2.05) is 38.1 Å². The highest BCUT2D eigenvalue weighted by atomic mass is 16.4. The number of aliphatic carboxylic acids is 1. The zero-order valence-electron chi connectivity index (χ0n) is 13.1. The lowest BCUT2D eigenvalue weighted by molar-refractivity contribution is -0.155. The molecule has 0 aliphatic carbocycles. The van der Waals surface area contributed by atoms with Crippen LogP contribution < -0.4 is 0 Å². The smallest absolute Gasteiger partial charge is 0.310 e. The van der Waals surface area contributed by atoms with Crippen molar-refractivity contribution in [1.29, 1.82) is 0 Å². The molecule has 0 radical (unpaired) electrons. The third-order valence-corrected chi connectivity index (χ3v) is 3.72. The normalized spacial score (nSPS) is 16.2. The van der Waals surface area contributed by atoms with Crippen LogP contribution in [-0.4, -0.2) is 16.2 Å². The monoisotopic (exact) mass is 278 g/mol. The number of hydrogen-bond donors (Lipinski definition) is 2. The van der Waals surface area contributed by atoms with E-state index in [1.165, 1.54) is 5.56 Å². The van der Waals surface area contributed by atoms with E-state index < -0.39 is 17.5 Å². The molecule has 0 aromatic heterocycles. The Bertz CT molecular complexity index is 444. The summed E-state index contributed by atoms with van der Waals surface area (Å²) < 4.78 is 0. The molecule has 0 bridgehead atoms. The van der Waals surface area contributed by atoms with Gasteiger partial charge in [-0.2, -0.15) is 0 Å². The van der Waals surface area contributed by atoms with Crippen LogP contribution >= 0.6 is 0 Å². The third kappa shape index (κ3) is 3.83. The van der Waals surface area contributed by atoms with Crippen molar-refractivity contribution in [2.45, 2.75) is 46.6 Å². The standard InChI is InChI=1S/C17H26O3/c1-11(2)10-13-6-8-14(9-7-13)17(5,20)15(12(3)4)16(18)19/h6-9,11-12,15,20H,10H2,1-5H3,(H,18,19). The Morgan fingerprint density at radius 2 is 1.65 bits per heavy atom. The van der Waals surface area contributed by atoms with E-state index in [-0.39, 0.29) is 5.92 Å². The van der Waals surface area contributed by atoms with E-state index >= 15 is 0 Å². The Labute approximate surface area is 121 Å². The maximum absolute atomic E-state index is 11.4. The maximum Gasteiger partial charge on any atom is 0.310 e. The fraction of sp³-hybridized carbons (Fsp3) is 0.588.